The highest BCUT2D eigenvalue weighted by molar-refractivity contribution is 5.08. The van der Waals surface area contributed by atoms with Crippen LogP contribution in [0.5, 0.6) is 0 Å². The van der Waals surface area contributed by atoms with E-state index in [1.807, 2.05) is 0 Å². The van der Waals surface area contributed by atoms with Crippen molar-refractivity contribution in [3.8, 4) is 6.07 Å². The van der Waals surface area contributed by atoms with E-state index in [2.05, 4.69) is 41.4 Å². The van der Waals surface area contributed by atoms with E-state index in [0.717, 1.165) is 42.3 Å². The lowest BCUT2D eigenvalue weighted by molar-refractivity contribution is 0.0533. The molecule has 5 fully saturated rings. The molecule has 0 aromatic heterocycles. The number of nitrogens with zero attached hydrogens (tertiary/aromatic N) is 1. The molecule has 5 aliphatic rings. The van der Waals surface area contributed by atoms with Gasteiger partial charge in [0.2, 0.25) is 0 Å². The predicted molar refractivity (Wildman–Crippen MR) is 120 cm³/mol. The maximum absolute atomic E-state index is 9.56. The molecule has 3 saturated heterocycles. The number of piperidine rings is 2. The van der Waals surface area contributed by atoms with Gasteiger partial charge in [0.15, 0.2) is 0 Å². The van der Waals surface area contributed by atoms with Crippen molar-refractivity contribution in [2.24, 2.45) is 35.0 Å². The monoisotopic (exact) mass is 413 g/mol. The first-order chi connectivity index (χ1) is 14.6. The van der Waals surface area contributed by atoms with Gasteiger partial charge in [0.25, 0.3) is 0 Å². The van der Waals surface area contributed by atoms with Crippen molar-refractivity contribution in [1.29, 1.82) is 5.26 Å². The molecule has 3 heterocycles. The molecule has 0 spiro atoms. The lowest BCUT2D eigenvalue weighted by atomic mass is 9.61. The number of hydrazine groups is 1. The Morgan fingerprint density at radius 2 is 1.60 bits per heavy atom. The Kier molecular flexibility index (Phi) is 6.14. The summed E-state index contributed by atoms with van der Waals surface area (Å²) in [7, 11) is 0. The third-order valence-corrected chi connectivity index (χ3v) is 9.86. The van der Waals surface area contributed by atoms with Crippen LogP contribution in [0.25, 0.3) is 0 Å². The molecule has 0 aromatic carbocycles. The topological polar surface area (TPSA) is 71.9 Å². The molecule has 0 radical (unpaired) electrons. The number of rotatable bonds is 3. The van der Waals surface area contributed by atoms with E-state index in [4.69, 9.17) is 0 Å². The van der Waals surface area contributed by atoms with Crippen molar-refractivity contribution in [3.63, 3.8) is 0 Å². The van der Waals surface area contributed by atoms with Crippen LogP contribution < -0.4 is 21.5 Å². The molecule has 168 valence electrons. The molecule has 0 bridgehead atoms. The lowest BCUT2D eigenvalue weighted by Crippen LogP contribution is -2.59. The molecule has 0 amide bonds. The van der Waals surface area contributed by atoms with Crippen LogP contribution in [0.2, 0.25) is 0 Å². The summed E-state index contributed by atoms with van der Waals surface area (Å²) >= 11 is 0. The van der Waals surface area contributed by atoms with Crippen LogP contribution in [0.15, 0.2) is 0 Å². The first kappa shape index (κ1) is 21.2. The Bertz CT molecular complexity index is 628. The van der Waals surface area contributed by atoms with Crippen molar-refractivity contribution in [2.75, 3.05) is 13.1 Å². The van der Waals surface area contributed by atoms with Crippen LogP contribution in [0, 0.1) is 46.3 Å². The minimum absolute atomic E-state index is 0.168. The molecule has 2 aliphatic carbocycles. The maximum Gasteiger partial charge on any atom is 0.0686 e. The highest BCUT2D eigenvalue weighted by Crippen LogP contribution is 2.47. The Hall–Kier alpha value is -0.670. The maximum atomic E-state index is 9.56. The van der Waals surface area contributed by atoms with Gasteiger partial charge < -0.3 is 10.6 Å². The quantitative estimate of drug-likeness (QED) is 0.571. The van der Waals surface area contributed by atoms with Crippen molar-refractivity contribution in [1.82, 2.24) is 21.5 Å². The number of hydrogen-bond acceptors (Lipinski definition) is 5. The Morgan fingerprint density at radius 3 is 2.33 bits per heavy atom. The van der Waals surface area contributed by atoms with E-state index < -0.39 is 0 Å². The van der Waals surface area contributed by atoms with E-state index in [9.17, 15) is 5.26 Å². The summed E-state index contributed by atoms with van der Waals surface area (Å²) in [5, 5.41) is 17.3. The second-order valence-electron chi connectivity index (χ2n) is 11.8. The zero-order valence-electron chi connectivity index (χ0n) is 19.1. The minimum Gasteiger partial charge on any atom is -0.314 e. The van der Waals surface area contributed by atoms with Gasteiger partial charge in [-0.25, -0.2) is 0 Å². The number of nitrogens with one attached hydrogen (secondary N) is 4. The van der Waals surface area contributed by atoms with Crippen LogP contribution >= 0.6 is 0 Å². The smallest absolute Gasteiger partial charge is 0.0686 e. The van der Waals surface area contributed by atoms with Crippen LogP contribution in [-0.4, -0.2) is 37.3 Å². The molecular weight excluding hydrogens is 370 g/mol. The number of fused-ring (bicyclic) bond motifs is 3. The molecule has 7 atom stereocenters. The third-order valence-electron chi connectivity index (χ3n) is 9.86. The van der Waals surface area contributed by atoms with Gasteiger partial charge in [-0.15, -0.1) is 0 Å². The molecule has 2 saturated carbocycles. The van der Waals surface area contributed by atoms with E-state index in [0.29, 0.717) is 18.0 Å². The standard InChI is InChI=1S/C25H43N5/c1-25(2,15-26)18-9-6-16(7-10-18)24-23-19-13-17(20-5-3-4-12-27-20)8-11-21(19)28-14-22(23)29-30-24/h16-24,27-30H,3-14H2,1-2H3. The second kappa shape index (κ2) is 8.70. The first-order valence-electron chi connectivity index (χ1n) is 13.0. The summed E-state index contributed by atoms with van der Waals surface area (Å²) in [5.41, 5.74) is 7.33. The van der Waals surface area contributed by atoms with Crippen molar-refractivity contribution in [3.05, 3.63) is 0 Å². The summed E-state index contributed by atoms with van der Waals surface area (Å²) in [6.07, 6.45) is 13.4. The van der Waals surface area contributed by atoms with E-state index in [-0.39, 0.29) is 5.41 Å². The molecular formula is C25H43N5. The summed E-state index contributed by atoms with van der Waals surface area (Å²) in [6.45, 7) is 6.64. The molecule has 7 unspecified atom stereocenters. The van der Waals surface area contributed by atoms with Gasteiger partial charge in [-0.2, -0.15) is 5.26 Å². The highest BCUT2D eigenvalue weighted by Gasteiger charge is 2.51. The van der Waals surface area contributed by atoms with Gasteiger partial charge in [0, 0.05) is 30.7 Å². The fourth-order valence-electron chi connectivity index (χ4n) is 7.96. The van der Waals surface area contributed by atoms with E-state index in [1.165, 1.54) is 70.8 Å². The van der Waals surface area contributed by atoms with Gasteiger partial charge in [-0.05, 0) is 108 Å². The number of nitriles is 1. The van der Waals surface area contributed by atoms with Crippen molar-refractivity contribution in [2.45, 2.75) is 102 Å². The molecule has 30 heavy (non-hydrogen) atoms. The second-order valence-corrected chi connectivity index (χ2v) is 11.8. The molecule has 4 N–H and O–H groups in total. The predicted octanol–water partition coefficient (Wildman–Crippen LogP) is 3.33. The molecule has 3 aliphatic heterocycles. The fraction of sp³-hybridized carbons (Fsp3) is 0.960. The summed E-state index contributed by atoms with van der Waals surface area (Å²) in [4.78, 5) is 0. The Labute approximate surface area is 183 Å². The summed E-state index contributed by atoms with van der Waals surface area (Å²) in [6, 6.07) is 5.27. The SMILES string of the molecule is CC(C)(C#N)C1CCC(C2NNC3CNC4CCC(C5CCCCN5)CC4C32)CC1. The normalized spacial score (nSPS) is 47.2. The van der Waals surface area contributed by atoms with Crippen LogP contribution in [0.1, 0.15) is 78.1 Å². The van der Waals surface area contributed by atoms with Gasteiger partial charge in [0.1, 0.15) is 0 Å². The van der Waals surface area contributed by atoms with E-state index in [1.54, 1.807) is 0 Å². The zero-order valence-corrected chi connectivity index (χ0v) is 19.1. The Balaban J connectivity index is 1.26. The van der Waals surface area contributed by atoms with Crippen LogP contribution in [0.4, 0.5) is 0 Å². The largest absolute Gasteiger partial charge is 0.314 e. The third kappa shape index (κ3) is 3.94. The van der Waals surface area contributed by atoms with Gasteiger partial charge >= 0.3 is 0 Å². The molecule has 5 heteroatoms. The minimum atomic E-state index is -0.168. The average molecular weight is 414 g/mol. The summed E-state index contributed by atoms with van der Waals surface area (Å²) in [5.74, 6) is 3.80. The van der Waals surface area contributed by atoms with Crippen LogP contribution in [-0.2, 0) is 0 Å². The van der Waals surface area contributed by atoms with Gasteiger partial charge in [-0.1, -0.05) is 6.42 Å². The molecule has 5 nitrogen and oxygen atoms in total. The number of hydrogen-bond donors (Lipinski definition) is 4. The van der Waals surface area contributed by atoms with Crippen molar-refractivity contribution < 1.29 is 0 Å². The van der Waals surface area contributed by atoms with Crippen molar-refractivity contribution >= 4 is 0 Å². The van der Waals surface area contributed by atoms with Gasteiger partial charge in [0.05, 0.1) is 11.5 Å². The van der Waals surface area contributed by atoms with E-state index >= 15 is 0 Å². The zero-order chi connectivity index (χ0) is 20.7. The van der Waals surface area contributed by atoms with Crippen LogP contribution in [0.3, 0.4) is 0 Å². The lowest BCUT2D eigenvalue weighted by Gasteiger charge is -2.50. The Morgan fingerprint density at radius 1 is 0.800 bits per heavy atom. The fourth-order valence-corrected chi connectivity index (χ4v) is 7.96. The highest BCUT2D eigenvalue weighted by atomic mass is 15.4. The average Bonchev–Trinajstić information content (AvgIpc) is 3.24. The molecule has 5 rings (SSSR count). The molecule has 0 aromatic rings. The van der Waals surface area contributed by atoms with Gasteiger partial charge in [-0.3, -0.25) is 10.9 Å². The summed E-state index contributed by atoms with van der Waals surface area (Å²) < 4.78 is 0. The first-order valence-corrected chi connectivity index (χ1v) is 13.0.